The SMILES string of the molecule is CN(Cc1cc(C(C)(C)C)n[nH]1)C(=O)NC(CCC(=O)O)Cc1ccccc1. The Labute approximate surface area is 166 Å². The highest BCUT2D eigenvalue weighted by atomic mass is 16.4. The summed E-state index contributed by atoms with van der Waals surface area (Å²) >= 11 is 0. The lowest BCUT2D eigenvalue weighted by atomic mass is 9.92. The molecule has 0 bridgehead atoms. The van der Waals surface area contributed by atoms with E-state index in [2.05, 4.69) is 36.3 Å². The molecule has 2 amide bonds. The summed E-state index contributed by atoms with van der Waals surface area (Å²) in [6.45, 7) is 6.64. The fourth-order valence-electron chi connectivity index (χ4n) is 2.86. The average Bonchev–Trinajstić information content (AvgIpc) is 3.09. The minimum atomic E-state index is -0.868. The van der Waals surface area contributed by atoms with Crippen molar-refractivity contribution in [3.8, 4) is 0 Å². The normalized spacial score (nSPS) is 12.4. The molecule has 0 aliphatic carbocycles. The van der Waals surface area contributed by atoms with E-state index >= 15 is 0 Å². The minimum absolute atomic E-state index is 0.0109. The molecular formula is C21H30N4O3. The van der Waals surface area contributed by atoms with E-state index in [0.29, 0.717) is 19.4 Å². The van der Waals surface area contributed by atoms with Gasteiger partial charge in [0, 0.05) is 24.9 Å². The third-order valence-corrected chi connectivity index (χ3v) is 4.51. The van der Waals surface area contributed by atoms with Crippen LogP contribution >= 0.6 is 0 Å². The number of aromatic amines is 1. The van der Waals surface area contributed by atoms with Crippen molar-refractivity contribution >= 4 is 12.0 Å². The monoisotopic (exact) mass is 386 g/mol. The number of nitrogens with zero attached hydrogens (tertiary/aromatic N) is 2. The molecule has 2 aromatic rings. The largest absolute Gasteiger partial charge is 0.481 e. The maximum absolute atomic E-state index is 12.6. The fraction of sp³-hybridized carbons (Fsp3) is 0.476. The lowest BCUT2D eigenvalue weighted by Crippen LogP contribution is -2.44. The number of nitrogens with one attached hydrogen (secondary N) is 2. The Hall–Kier alpha value is -2.83. The maximum atomic E-state index is 12.6. The predicted molar refractivity (Wildman–Crippen MR) is 108 cm³/mol. The molecule has 3 N–H and O–H groups in total. The number of hydrogen-bond acceptors (Lipinski definition) is 3. The summed E-state index contributed by atoms with van der Waals surface area (Å²) in [5, 5.41) is 19.3. The number of aliphatic carboxylic acids is 1. The van der Waals surface area contributed by atoms with E-state index in [9.17, 15) is 9.59 Å². The molecule has 0 aliphatic heterocycles. The van der Waals surface area contributed by atoms with Crippen LogP contribution in [0.4, 0.5) is 4.79 Å². The molecule has 1 aromatic carbocycles. The first kappa shape index (κ1) is 21.5. The Morgan fingerprint density at radius 1 is 1.25 bits per heavy atom. The molecule has 1 unspecified atom stereocenters. The maximum Gasteiger partial charge on any atom is 0.317 e. The molecule has 7 heteroatoms. The quantitative estimate of drug-likeness (QED) is 0.648. The van der Waals surface area contributed by atoms with E-state index in [0.717, 1.165) is 17.0 Å². The third kappa shape index (κ3) is 6.72. The summed E-state index contributed by atoms with van der Waals surface area (Å²) < 4.78 is 0. The number of carboxylic acid groups (broad SMARTS) is 1. The van der Waals surface area contributed by atoms with E-state index in [4.69, 9.17) is 5.11 Å². The Kier molecular flexibility index (Phi) is 7.20. The number of carbonyl (C=O) groups is 2. The smallest absolute Gasteiger partial charge is 0.317 e. The molecular weight excluding hydrogens is 356 g/mol. The summed E-state index contributed by atoms with van der Waals surface area (Å²) in [6, 6.07) is 11.2. The van der Waals surface area contributed by atoms with Gasteiger partial charge >= 0.3 is 12.0 Å². The standard InChI is InChI=1S/C21H30N4O3/c1-21(2,3)18-13-17(23-24-18)14-25(4)20(28)22-16(10-11-19(26)27)12-15-8-6-5-7-9-15/h5-9,13,16H,10-12,14H2,1-4H3,(H,22,28)(H,23,24)(H,26,27). The Morgan fingerprint density at radius 2 is 1.93 bits per heavy atom. The van der Waals surface area contributed by atoms with Crippen molar-refractivity contribution in [2.24, 2.45) is 0 Å². The Balaban J connectivity index is 1.98. The second kappa shape index (κ2) is 9.39. The van der Waals surface area contributed by atoms with Crippen molar-refractivity contribution in [3.63, 3.8) is 0 Å². The molecule has 0 spiro atoms. The molecule has 0 fully saturated rings. The fourth-order valence-corrected chi connectivity index (χ4v) is 2.86. The number of hydrogen-bond donors (Lipinski definition) is 3. The zero-order valence-corrected chi connectivity index (χ0v) is 17.0. The van der Waals surface area contributed by atoms with Crippen molar-refractivity contribution in [2.75, 3.05) is 7.05 Å². The highest BCUT2D eigenvalue weighted by Gasteiger charge is 2.20. The van der Waals surface area contributed by atoms with Gasteiger partial charge in [-0.3, -0.25) is 9.89 Å². The molecule has 1 heterocycles. The number of amides is 2. The van der Waals surface area contributed by atoms with Crippen LogP contribution in [0.2, 0.25) is 0 Å². The number of rotatable bonds is 8. The first-order valence-electron chi connectivity index (χ1n) is 9.47. The molecule has 2 rings (SSSR count). The Bertz CT molecular complexity index is 780. The van der Waals surface area contributed by atoms with Crippen LogP contribution in [0.25, 0.3) is 0 Å². The van der Waals surface area contributed by atoms with Crippen molar-refractivity contribution < 1.29 is 14.7 Å². The van der Waals surface area contributed by atoms with E-state index in [-0.39, 0.29) is 23.9 Å². The second-order valence-corrected chi connectivity index (χ2v) is 8.15. The lowest BCUT2D eigenvalue weighted by Gasteiger charge is -2.23. The van der Waals surface area contributed by atoms with E-state index in [1.165, 1.54) is 0 Å². The third-order valence-electron chi connectivity index (χ3n) is 4.51. The molecule has 0 saturated carbocycles. The van der Waals surface area contributed by atoms with Crippen molar-refractivity contribution in [2.45, 2.75) is 58.0 Å². The van der Waals surface area contributed by atoms with Crippen LogP contribution in [0.5, 0.6) is 0 Å². The van der Waals surface area contributed by atoms with Gasteiger partial charge in [0.25, 0.3) is 0 Å². The number of H-pyrrole nitrogens is 1. The van der Waals surface area contributed by atoms with Crippen LogP contribution in [-0.2, 0) is 23.2 Å². The van der Waals surface area contributed by atoms with Crippen molar-refractivity contribution in [1.82, 2.24) is 20.4 Å². The minimum Gasteiger partial charge on any atom is -0.481 e. The summed E-state index contributed by atoms with van der Waals surface area (Å²) in [7, 11) is 1.71. The van der Waals surface area contributed by atoms with Crippen molar-refractivity contribution in [3.05, 3.63) is 53.3 Å². The van der Waals surface area contributed by atoms with Crippen LogP contribution in [0.3, 0.4) is 0 Å². The van der Waals surface area contributed by atoms with Crippen LogP contribution in [0.15, 0.2) is 36.4 Å². The van der Waals surface area contributed by atoms with Gasteiger partial charge in [-0.15, -0.1) is 0 Å². The van der Waals surface area contributed by atoms with Gasteiger partial charge in [-0.05, 0) is 24.5 Å². The van der Waals surface area contributed by atoms with Gasteiger partial charge in [-0.25, -0.2) is 4.79 Å². The van der Waals surface area contributed by atoms with Gasteiger partial charge in [-0.2, -0.15) is 5.10 Å². The number of carboxylic acids is 1. The molecule has 7 nitrogen and oxygen atoms in total. The zero-order valence-electron chi connectivity index (χ0n) is 17.0. The van der Waals surface area contributed by atoms with Gasteiger partial charge in [0.15, 0.2) is 0 Å². The van der Waals surface area contributed by atoms with Gasteiger partial charge < -0.3 is 15.3 Å². The van der Waals surface area contributed by atoms with Gasteiger partial charge in [0.2, 0.25) is 0 Å². The van der Waals surface area contributed by atoms with Gasteiger partial charge in [0.1, 0.15) is 0 Å². The molecule has 1 aromatic heterocycles. The van der Waals surface area contributed by atoms with Crippen LogP contribution in [0, 0.1) is 0 Å². The predicted octanol–water partition coefficient (Wildman–Crippen LogP) is 3.32. The number of aromatic nitrogens is 2. The number of benzene rings is 1. The molecule has 0 aliphatic rings. The highest BCUT2D eigenvalue weighted by molar-refractivity contribution is 5.74. The van der Waals surface area contributed by atoms with E-state index < -0.39 is 5.97 Å². The average molecular weight is 386 g/mol. The molecule has 152 valence electrons. The van der Waals surface area contributed by atoms with Gasteiger partial charge in [0.05, 0.1) is 17.9 Å². The Morgan fingerprint density at radius 3 is 2.50 bits per heavy atom. The number of urea groups is 1. The van der Waals surface area contributed by atoms with Gasteiger partial charge in [-0.1, -0.05) is 51.1 Å². The first-order valence-corrected chi connectivity index (χ1v) is 9.47. The molecule has 1 atom stereocenters. The van der Waals surface area contributed by atoms with E-state index in [1.54, 1.807) is 11.9 Å². The molecule has 0 radical (unpaired) electrons. The van der Waals surface area contributed by atoms with E-state index in [1.807, 2.05) is 36.4 Å². The molecule has 0 saturated heterocycles. The van der Waals surface area contributed by atoms with Crippen molar-refractivity contribution in [1.29, 1.82) is 0 Å². The number of carbonyl (C=O) groups excluding carboxylic acids is 1. The summed E-state index contributed by atoms with van der Waals surface area (Å²) in [5.41, 5.74) is 2.80. The summed E-state index contributed by atoms with van der Waals surface area (Å²) in [5.74, 6) is -0.868. The zero-order chi connectivity index (χ0) is 20.7. The first-order chi connectivity index (χ1) is 13.1. The van der Waals surface area contributed by atoms with Crippen LogP contribution < -0.4 is 5.32 Å². The van der Waals surface area contributed by atoms with Crippen LogP contribution in [0.1, 0.15) is 50.6 Å². The molecule has 28 heavy (non-hydrogen) atoms. The highest BCUT2D eigenvalue weighted by Crippen LogP contribution is 2.20. The summed E-state index contributed by atoms with van der Waals surface area (Å²) in [6.07, 6.45) is 0.977. The second-order valence-electron chi connectivity index (χ2n) is 8.15. The lowest BCUT2D eigenvalue weighted by molar-refractivity contribution is -0.137. The van der Waals surface area contributed by atoms with Crippen LogP contribution in [-0.4, -0.2) is 45.3 Å². The topological polar surface area (TPSA) is 98.3 Å². The summed E-state index contributed by atoms with van der Waals surface area (Å²) in [4.78, 5) is 25.2.